The van der Waals surface area contributed by atoms with Gasteiger partial charge in [-0.25, -0.2) is 21.6 Å². The molecule has 0 aliphatic carbocycles. The Hall–Kier alpha value is -1.83. The summed E-state index contributed by atoms with van der Waals surface area (Å²) in [7, 11) is -6.56. The molecule has 1 atom stereocenters. The Kier molecular flexibility index (Phi) is 7.73. The summed E-state index contributed by atoms with van der Waals surface area (Å²) < 4.78 is 60.3. The predicted molar refractivity (Wildman–Crippen MR) is 122 cm³/mol. The first-order valence-electron chi connectivity index (χ1n) is 10.1. The van der Waals surface area contributed by atoms with Crippen molar-refractivity contribution in [3.8, 4) is 0 Å². The van der Waals surface area contributed by atoms with Crippen LogP contribution in [0.1, 0.15) is 40.9 Å². The number of amides is 1. The predicted octanol–water partition coefficient (Wildman–Crippen LogP) is 1.87. The SMILES string of the molecule is CCN[C@H]1CN(CCCOC)S(=O)(=O)c2sc(S(=O)(=O)NC(=O)c3ccc(C)cc3)cc21. The van der Waals surface area contributed by atoms with Gasteiger partial charge in [0.1, 0.15) is 8.42 Å². The quantitative estimate of drug-likeness (QED) is 0.503. The van der Waals surface area contributed by atoms with Crippen molar-refractivity contribution in [3.63, 3.8) is 0 Å². The Bertz CT molecular complexity index is 1170. The summed E-state index contributed by atoms with van der Waals surface area (Å²) in [6.45, 7) is 5.21. The van der Waals surface area contributed by atoms with Crippen molar-refractivity contribution in [1.82, 2.24) is 14.3 Å². The standard InChI is InChI=1S/C20H27N3O6S3/c1-4-21-17-13-23(10-5-11-29-3)32(27,28)20-16(17)12-18(30-20)31(25,26)22-19(24)15-8-6-14(2)7-9-15/h6-9,12,17,21H,4-5,10-11,13H2,1-3H3,(H,22,24)/t17-/m0/s1. The number of methoxy groups -OCH3 is 1. The molecule has 0 fully saturated rings. The van der Waals surface area contributed by atoms with Crippen LogP contribution in [-0.4, -0.2) is 60.4 Å². The number of nitrogens with zero attached hydrogens (tertiary/aromatic N) is 1. The van der Waals surface area contributed by atoms with Gasteiger partial charge in [0.05, 0.1) is 0 Å². The molecule has 1 aliphatic heterocycles. The average molecular weight is 502 g/mol. The third kappa shape index (κ3) is 5.21. The second kappa shape index (κ2) is 9.98. The maximum absolute atomic E-state index is 13.1. The molecule has 32 heavy (non-hydrogen) atoms. The second-order valence-corrected chi connectivity index (χ2v) is 12.5. The molecule has 3 rings (SSSR count). The topological polar surface area (TPSA) is 122 Å². The first kappa shape index (κ1) is 24.8. The van der Waals surface area contributed by atoms with Crippen LogP contribution in [-0.2, 0) is 24.8 Å². The van der Waals surface area contributed by atoms with E-state index in [0.717, 1.165) is 5.56 Å². The first-order valence-corrected chi connectivity index (χ1v) is 13.8. The molecule has 2 aromatic rings. The van der Waals surface area contributed by atoms with Crippen LogP contribution in [0.5, 0.6) is 0 Å². The maximum atomic E-state index is 13.1. The van der Waals surface area contributed by atoms with Gasteiger partial charge in [0, 0.05) is 44.0 Å². The summed E-state index contributed by atoms with van der Waals surface area (Å²) in [5.74, 6) is -0.774. The van der Waals surface area contributed by atoms with Crippen LogP contribution in [0.2, 0.25) is 0 Å². The average Bonchev–Trinajstić information content (AvgIpc) is 3.20. The number of nitrogens with one attached hydrogen (secondary N) is 2. The van der Waals surface area contributed by atoms with Crippen LogP contribution >= 0.6 is 11.3 Å². The monoisotopic (exact) mass is 501 g/mol. The Labute approximate surface area is 192 Å². The Morgan fingerprint density at radius 2 is 1.97 bits per heavy atom. The molecule has 1 aromatic heterocycles. The van der Waals surface area contributed by atoms with E-state index >= 15 is 0 Å². The number of ether oxygens (including phenoxy) is 1. The summed E-state index contributed by atoms with van der Waals surface area (Å²) in [5, 5.41) is 3.22. The lowest BCUT2D eigenvalue weighted by atomic mass is 10.1. The zero-order valence-electron chi connectivity index (χ0n) is 18.1. The number of rotatable bonds is 9. The minimum Gasteiger partial charge on any atom is -0.385 e. The molecule has 2 N–H and O–H groups in total. The molecule has 2 heterocycles. The minimum atomic E-state index is -4.25. The van der Waals surface area contributed by atoms with Gasteiger partial charge in [-0.2, -0.15) is 4.31 Å². The van der Waals surface area contributed by atoms with Gasteiger partial charge in [-0.3, -0.25) is 4.79 Å². The lowest BCUT2D eigenvalue weighted by Gasteiger charge is -2.32. The number of fused-ring (bicyclic) bond motifs is 1. The number of aryl methyl sites for hydroxylation is 1. The Balaban J connectivity index is 1.92. The van der Waals surface area contributed by atoms with Gasteiger partial charge in [0.2, 0.25) is 0 Å². The molecule has 0 radical (unpaired) electrons. The highest BCUT2D eigenvalue weighted by Crippen LogP contribution is 2.40. The molecule has 0 bridgehead atoms. The number of thiophene rings is 1. The van der Waals surface area contributed by atoms with Crippen LogP contribution in [0, 0.1) is 6.92 Å². The molecule has 1 amide bonds. The number of carbonyl (C=O) groups excluding carboxylic acids is 1. The van der Waals surface area contributed by atoms with Crippen molar-refractivity contribution in [2.75, 3.05) is 33.4 Å². The fourth-order valence-corrected chi connectivity index (χ4v) is 8.27. The normalized spacial score (nSPS) is 18.3. The number of carbonyl (C=O) groups is 1. The zero-order valence-corrected chi connectivity index (χ0v) is 20.6. The van der Waals surface area contributed by atoms with E-state index in [0.29, 0.717) is 36.5 Å². The van der Waals surface area contributed by atoms with Gasteiger partial charge in [-0.05, 0) is 38.1 Å². The molecule has 1 aromatic carbocycles. The van der Waals surface area contributed by atoms with Crippen molar-refractivity contribution in [3.05, 3.63) is 47.0 Å². The summed E-state index contributed by atoms with van der Waals surface area (Å²) in [6.07, 6.45) is 0.521. The molecule has 12 heteroatoms. The zero-order chi connectivity index (χ0) is 23.5. The van der Waals surface area contributed by atoms with E-state index in [1.807, 2.05) is 18.6 Å². The highest BCUT2D eigenvalue weighted by Gasteiger charge is 2.40. The first-order chi connectivity index (χ1) is 15.1. The highest BCUT2D eigenvalue weighted by molar-refractivity contribution is 7.94. The molecule has 0 saturated carbocycles. The highest BCUT2D eigenvalue weighted by atomic mass is 32.3. The van der Waals surface area contributed by atoms with Crippen molar-refractivity contribution >= 4 is 37.3 Å². The molecule has 1 aliphatic rings. The molecular formula is C20H27N3O6S3. The van der Waals surface area contributed by atoms with Gasteiger partial charge in [0.15, 0.2) is 0 Å². The van der Waals surface area contributed by atoms with Crippen LogP contribution < -0.4 is 10.0 Å². The number of sulfonamides is 2. The minimum absolute atomic E-state index is 0.0183. The smallest absolute Gasteiger partial charge is 0.273 e. The van der Waals surface area contributed by atoms with Crippen molar-refractivity contribution < 1.29 is 26.4 Å². The van der Waals surface area contributed by atoms with E-state index in [9.17, 15) is 21.6 Å². The number of likely N-dealkylation sites (N-methyl/N-ethyl adjacent to an activating group) is 1. The lowest BCUT2D eigenvalue weighted by Crippen LogP contribution is -2.43. The van der Waals surface area contributed by atoms with E-state index in [1.54, 1.807) is 19.2 Å². The van der Waals surface area contributed by atoms with Crippen LogP contribution in [0.15, 0.2) is 38.8 Å². The number of hydrogen-bond donors (Lipinski definition) is 2. The number of hydrogen-bond acceptors (Lipinski definition) is 8. The largest absolute Gasteiger partial charge is 0.385 e. The lowest BCUT2D eigenvalue weighted by molar-refractivity contribution is 0.0981. The van der Waals surface area contributed by atoms with Crippen LogP contribution in [0.3, 0.4) is 0 Å². The van der Waals surface area contributed by atoms with Gasteiger partial charge >= 0.3 is 0 Å². The fourth-order valence-electron chi connectivity index (χ4n) is 3.41. The second-order valence-electron chi connectivity index (χ2n) is 7.43. The van der Waals surface area contributed by atoms with E-state index in [1.165, 1.54) is 22.5 Å². The molecule has 0 saturated heterocycles. The van der Waals surface area contributed by atoms with Gasteiger partial charge < -0.3 is 10.1 Å². The summed E-state index contributed by atoms with van der Waals surface area (Å²) >= 11 is 0.658. The molecule has 9 nitrogen and oxygen atoms in total. The molecule has 0 unspecified atom stereocenters. The van der Waals surface area contributed by atoms with E-state index in [2.05, 4.69) is 5.32 Å². The Morgan fingerprint density at radius 1 is 1.28 bits per heavy atom. The maximum Gasteiger partial charge on any atom is 0.273 e. The molecular weight excluding hydrogens is 474 g/mol. The molecule has 0 spiro atoms. The van der Waals surface area contributed by atoms with E-state index < -0.39 is 26.0 Å². The van der Waals surface area contributed by atoms with Crippen molar-refractivity contribution in [1.29, 1.82) is 0 Å². The van der Waals surface area contributed by atoms with Gasteiger partial charge in [0.25, 0.3) is 26.0 Å². The van der Waals surface area contributed by atoms with Crippen molar-refractivity contribution in [2.45, 2.75) is 34.7 Å². The summed E-state index contributed by atoms with van der Waals surface area (Å²) in [6, 6.07) is 7.47. The van der Waals surface area contributed by atoms with Crippen LogP contribution in [0.25, 0.3) is 0 Å². The van der Waals surface area contributed by atoms with E-state index in [4.69, 9.17) is 4.74 Å². The van der Waals surface area contributed by atoms with E-state index in [-0.39, 0.29) is 33.1 Å². The summed E-state index contributed by atoms with van der Waals surface area (Å²) in [4.78, 5) is 12.4. The van der Waals surface area contributed by atoms with Crippen LogP contribution in [0.4, 0.5) is 0 Å². The Morgan fingerprint density at radius 3 is 2.59 bits per heavy atom. The fraction of sp³-hybridized carbons (Fsp3) is 0.450. The van der Waals surface area contributed by atoms with Crippen molar-refractivity contribution in [2.24, 2.45) is 0 Å². The number of benzene rings is 1. The summed E-state index contributed by atoms with van der Waals surface area (Å²) in [5.41, 5.74) is 1.54. The van der Waals surface area contributed by atoms with Gasteiger partial charge in [-0.1, -0.05) is 24.6 Å². The molecule has 176 valence electrons. The van der Waals surface area contributed by atoms with Gasteiger partial charge in [-0.15, -0.1) is 11.3 Å². The third-order valence-electron chi connectivity index (χ3n) is 5.05. The third-order valence-corrected chi connectivity index (χ3v) is 10.4.